The molecule has 0 saturated heterocycles. The Morgan fingerprint density at radius 3 is 2.75 bits per heavy atom. The smallest absolute Gasteiger partial charge is 0.344 e. The number of aryl methyl sites for hydroxylation is 1. The molecule has 3 aromatic rings. The Labute approximate surface area is 140 Å². The van der Waals surface area contributed by atoms with Crippen LogP contribution in [0.2, 0.25) is 0 Å². The van der Waals surface area contributed by atoms with Gasteiger partial charge in [-0.15, -0.1) is 0 Å². The summed E-state index contributed by atoms with van der Waals surface area (Å²) >= 11 is 0. The number of carbonyl (C=O) groups excluding carboxylic acids is 1. The van der Waals surface area contributed by atoms with Crippen LogP contribution in [0.25, 0.3) is 10.9 Å². The fraction of sp³-hybridized carbons (Fsp3) is 0.263. The Kier molecular flexibility index (Phi) is 4.79. The van der Waals surface area contributed by atoms with Crippen LogP contribution < -0.4 is 4.74 Å². The third-order valence-electron chi connectivity index (χ3n) is 3.82. The van der Waals surface area contributed by atoms with Gasteiger partial charge in [0, 0.05) is 18.4 Å². The highest BCUT2D eigenvalue weighted by molar-refractivity contribution is 5.86. The average Bonchev–Trinajstić information content (AvgIpc) is 2.91. The summed E-state index contributed by atoms with van der Waals surface area (Å²) in [5.74, 6) is 0.0622. The molecule has 0 bridgehead atoms. The third-order valence-corrected chi connectivity index (χ3v) is 3.82. The lowest BCUT2D eigenvalue weighted by Crippen LogP contribution is -2.15. The molecule has 5 heteroatoms. The van der Waals surface area contributed by atoms with Gasteiger partial charge in [-0.05, 0) is 31.5 Å². The van der Waals surface area contributed by atoms with Gasteiger partial charge >= 0.3 is 5.97 Å². The number of nitrogens with zero attached hydrogens (tertiary/aromatic N) is 2. The number of aromatic nitrogens is 2. The van der Waals surface area contributed by atoms with Gasteiger partial charge in [0.15, 0.2) is 6.61 Å². The molecule has 0 spiro atoms. The van der Waals surface area contributed by atoms with Crippen molar-refractivity contribution in [1.29, 1.82) is 0 Å². The second-order valence-corrected chi connectivity index (χ2v) is 5.50. The second-order valence-electron chi connectivity index (χ2n) is 5.50. The van der Waals surface area contributed by atoms with E-state index in [9.17, 15) is 4.79 Å². The summed E-state index contributed by atoms with van der Waals surface area (Å²) in [7, 11) is 0. The largest absolute Gasteiger partial charge is 0.465 e. The van der Waals surface area contributed by atoms with Crippen LogP contribution in [-0.2, 0) is 16.1 Å². The highest BCUT2D eigenvalue weighted by Crippen LogP contribution is 2.27. The number of benzene rings is 1. The van der Waals surface area contributed by atoms with Crippen molar-refractivity contribution in [3.8, 4) is 5.88 Å². The van der Waals surface area contributed by atoms with Gasteiger partial charge in [0.1, 0.15) is 0 Å². The maximum absolute atomic E-state index is 11.5. The minimum absolute atomic E-state index is 0.136. The molecule has 24 heavy (non-hydrogen) atoms. The summed E-state index contributed by atoms with van der Waals surface area (Å²) in [6.07, 6.45) is 1.70. The monoisotopic (exact) mass is 324 g/mol. The first-order chi connectivity index (χ1) is 11.7. The van der Waals surface area contributed by atoms with Crippen molar-refractivity contribution in [2.75, 3.05) is 13.2 Å². The number of carbonyl (C=O) groups is 1. The van der Waals surface area contributed by atoms with Crippen molar-refractivity contribution < 1.29 is 14.3 Å². The first-order valence-electron chi connectivity index (χ1n) is 7.96. The van der Waals surface area contributed by atoms with Gasteiger partial charge in [-0.1, -0.05) is 30.3 Å². The fourth-order valence-electron chi connectivity index (χ4n) is 2.71. The molecular weight excluding hydrogens is 304 g/mol. The van der Waals surface area contributed by atoms with E-state index in [2.05, 4.69) is 28.6 Å². The van der Waals surface area contributed by atoms with Crippen LogP contribution in [0.4, 0.5) is 0 Å². The molecule has 5 nitrogen and oxygen atoms in total. The maximum atomic E-state index is 11.5. The fourth-order valence-corrected chi connectivity index (χ4v) is 2.71. The van der Waals surface area contributed by atoms with E-state index in [0.717, 1.165) is 23.1 Å². The van der Waals surface area contributed by atoms with Crippen LogP contribution >= 0.6 is 0 Å². The Hall–Kier alpha value is -2.82. The SMILES string of the molecule is CCOC(=O)COc1nccc2c1cc(C)n2Cc1ccccc1. The Morgan fingerprint density at radius 2 is 2.00 bits per heavy atom. The van der Waals surface area contributed by atoms with Crippen molar-refractivity contribution in [2.45, 2.75) is 20.4 Å². The molecule has 2 heterocycles. The number of pyridine rings is 1. The van der Waals surface area contributed by atoms with Gasteiger partial charge < -0.3 is 14.0 Å². The molecule has 0 aliphatic carbocycles. The van der Waals surface area contributed by atoms with E-state index in [4.69, 9.17) is 9.47 Å². The second kappa shape index (κ2) is 7.17. The van der Waals surface area contributed by atoms with Gasteiger partial charge in [0.2, 0.25) is 5.88 Å². The van der Waals surface area contributed by atoms with E-state index >= 15 is 0 Å². The Balaban J connectivity index is 1.88. The molecule has 2 aromatic heterocycles. The van der Waals surface area contributed by atoms with Crippen LogP contribution in [0.1, 0.15) is 18.2 Å². The van der Waals surface area contributed by atoms with Crippen LogP contribution in [0.5, 0.6) is 5.88 Å². The Bertz CT molecular complexity index is 840. The van der Waals surface area contributed by atoms with Crippen molar-refractivity contribution in [1.82, 2.24) is 9.55 Å². The minimum atomic E-state index is -0.392. The normalized spacial score (nSPS) is 10.8. The van der Waals surface area contributed by atoms with E-state index in [1.807, 2.05) is 30.3 Å². The summed E-state index contributed by atoms with van der Waals surface area (Å²) < 4.78 is 12.7. The van der Waals surface area contributed by atoms with Gasteiger partial charge in [0.05, 0.1) is 17.5 Å². The number of rotatable bonds is 6. The van der Waals surface area contributed by atoms with E-state index in [1.165, 1.54) is 5.56 Å². The molecule has 0 N–H and O–H groups in total. The number of hydrogen-bond donors (Lipinski definition) is 0. The molecule has 1 aromatic carbocycles. The van der Waals surface area contributed by atoms with E-state index < -0.39 is 5.97 Å². The topological polar surface area (TPSA) is 53.4 Å². The molecule has 0 atom stereocenters. The zero-order valence-corrected chi connectivity index (χ0v) is 13.9. The highest BCUT2D eigenvalue weighted by atomic mass is 16.6. The first kappa shape index (κ1) is 16.1. The minimum Gasteiger partial charge on any atom is -0.465 e. The van der Waals surface area contributed by atoms with Crippen LogP contribution in [-0.4, -0.2) is 28.7 Å². The molecule has 0 saturated carbocycles. The Morgan fingerprint density at radius 1 is 1.21 bits per heavy atom. The van der Waals surface area contributed by atoms with Crippen molar-refractivity contribution in [3.05, 3.63) is 59.9 Å². The summed E-state index contributed by atoms with van der Waals surface area (Å²) in [4.78, 5) is 15.7. The highest BCUT2D eigenvalue weighted by Gasteiger charge is 2.13. The van der Waals surface area contributed by atoms with Crippen molar-refractivity contribution in [3.63, 3.8) is 0 Å². The lowest BCUT2D eigenvalue weighted by atomic mass is 10.2. The molecule has 0 unspecified atom stereocenters. The summed E-state index contributed by atoms with van der Waals surface area (Å²) in [6, 6.07) is 14.3. The van der Waals surface area contributed by atoms with Crippen LogP contribution in [0, 0.1) is 6.92 Å². The maximum Gasteiger partial charge on any atom is 0.344 e. The van der Waals surface area contributed by atoms with E-state index in [1.54, 1.807) is 13.1 Å². The predicted molar refractivity (Wildman–Crippen MR) is 92.1 cm³/mol. The molecule has 124 valence electrons. The molecule has 0 aliphatic rings. The summed E-state index contributed by atoms with van der Waals surface area (Å²) in [6.45, 7) is 4.80. The standard InChI is InChI=1S/C19H20N2O3/c1-3-23-18(22)13-24-19-16-11-14(2)21(17(16)9-10-20-19)12-15-7-5-4-6-8-15/h4-11H,3,12-13H2,1-2H3. The van der Waals surface area contributed by atoms with Crippen molar-refractivity contribution in [2.24, 2.45) is 0 Å². The molecule has 0 fully saturated rings. The first-order valence-corrected chi connectivity index (χ1v) is 7.96. The van der Waals surface area contributed by atoms with Gasteiger partial charge in [0.25, 0.3) is 0 Å². The quantitative estimate of drug-likeness (QED) is 0.653. The number of fused-ring (bicyclic) bond motifs is 1. The van der Waals surface area contributed by atoms with Crippen LogP contribution in [0.15, 0.2) is 48.7 Å². The zero-order chi connectivity index (χ0) is 16.9. The summed E-state index contributed by atoms with van der Waals surface area (Å²) in [5, 5.41) is 0.898. The predicted octanol–water partition coefficient (Wildman–Crippen LogP) is 3.33. The lowest BCUT2D eigenvalue weighted by Gasteiger charge is -2.09. The molecular formula is C19H20N2O3. The van der Waals surface area contributed by atoms with Gasteiger partial charge in [-0.25, -0.2) is 9.78 Å². The van der Waals surface area contributed by atoms with Gasteiger partial charge in [-0.2, -0.15) is 0 Å². The number of hydrogen-bond acceptors (Lipinski definition) is 4. The molecule has 3 rings (SSSR count). The van der Waals surface area contributed by atoms with Crippen molar-refractivity contribution >= 4 is 16.9 Å². The number of ether oxygens (including phenoxy) is 2. The van der Waals surface area contributed by atoms with Gasteiger partial charge in [-0.3, -0.25) is 0 Å². The molecule has 0 aliphatic heterocycles. The molecule has 0 amide bonds. The third kappa shape index (κ3) is 3.40. The van der Waals surface area contributed by atoms with E-state index in [0.29, 0.717) is 12.5 Å². The lowest BCUT2D eigenvalue weighted by molar-refractivity contribution is -0.145. The molecule has 0 radical (unpaired) electrons. The number of esters is 1. The summed E-state index contributed by atoms with van der Waals surface area (Å²) in [5.41, 5.74) is 3.37. The average molecular weight is 324 g/mol. The van der Waals surface area contributed by atoms with E-state index in [-0.39, 0.29) is 6.61 Å². The zero-order valence-electron chi connectivity index (χ0n) is 13.9. The van der Waals surface area contributed by atoms with Crippen LogP contribution in [0.3, 0.4) is 0 Å².